The first-order valence-corrected chi connectivity index (χ1v) is 10.5. The Morgan fingerprint density at radius 3 is 2.52 bits per heavy atom. The van der Waals surface area contributed by atoms with E-state index in [1.54, 1.807) is 45.7 Å². The minimum atomic E-state index is -0.671. The first-order valence-electron chi connectivity index (χ1n) is 10.5. The number of nitrogens with one attached hydrogen (secondary N) is 1. The zero-order valence-corrected chi connectivity index (χ0v) is 17.4. The highest BCUT2D eigenvalue weighted by Crippen LogP contribution is 2.44. The van der Waals surface area contributed by atoms with Gasteiger partial charge in [0.05, 0.1) is 17.8 Å². The van der Waals surface area contributed by atoms with Crippen molar-refractivity contribution in [1.29, 1.82) is 0 Å². The summed E-state index contributed by atoms with van der Waals surface area (Å²) in [6, 6.07) is 19.7. The number of amides is 3. The highest BCUT2D eigenvalue weighted by atomic mass is 16.2. The molecule has 0 aliphatic carbocycles. The van der Waals surface area contributed by atoms with Crippen LogP contribution >= 0.6 is 0 Å². The maximum atomic E-state index is 13.4. The van der Waals surface area contributed by atoms with Gasteiger partial charge in [-0.2, -0.15) is 0 Å². The Bertz CT molecular complexity index is 1440. The lowest BCUT2D eigenvalue weighted by Crippen LogP contribution is -2.51. The second-order valence-electron chi connectivity index (χ2n) is 7.91. The Kier molecular flexibility index (Phi) is 4.22. The van der Waals surface area contributed by atoms with Crippen molar-refractivity contribution in [3.05, 3.63) is 95.4 Å². The molecule has 4 aromatic rings. The SMILES string of the molecule is O=C(CN1C(=O)c2ccccc2N2C(=O)c3ccccc3C12)NCc1nnc2ccccn12. The summed E-state index contributed by atoms with van der Waals surface area (Å²) in [5.41, 5.74) is 2.88. The lowest BCUT2D eigenvalue weighted by Gasteiger charge is -2.40. The van der Waals surface area contributed by atoms with Crippen LogP contribution in [0.15, 0.2) is 72.9 Å². The van der Waals surface area contributed by atoms with Gasteiger partial charge in [0.15, 0.2) is 11.5 Å². The molecule has 2 aliphatic heterocycles. The van der Waals surface area contributed by atoms with Gasteiger partial charge in [-0.05, 0) is 30.3 Å². The molecule has 2 aromatic heterocycles. The molecule has 2 aliphatic rings. The second kappa shape index (κ2) is 7.27. The molecule has 9 heteroatoms. The maximum absolute atomic E-state index is 13.4. The largest absolute Gasteiger partial charge is 0.347 e. The van der Waals surface area contributed by atoms with Gasteiger partial charge < -0.3 is 10.2 Å². The number of pyridine rings is 1. The van der Waals surface area contributed by atoms with E-state index in [9.17, 15) is 14.4 Å². The Labute approximate surface area is 188 Å². The van der Waals surface area contributed by atoms with Crippen LogP contribution in [0.1, 0.15) is 38.3 Å². The zero-order valence-electron chi connectivity index (χ0n) is 17.4. The average Bonchev–Trinajstić information content (AvgIpc) is 3.39. The molecule has 0 bridgehead atoms. The van der Waals surface area contributed by atoms with Crippen molar-refractivity contribution in [3.8, 4) is 0 Å². The average molecular weight is 438 g/mol. The number of hydrogen-bond donors (Lipinski definition) is 1. The van der Waals surface area contributed by atoms with Crippen LogP contribution in [0.2, 0.25) is 0 Å². The van der Waals surface area contributed by atoms with Crippen LogP contribution in [0.3, 0.4) is 0 Å². The van der Waals surface area contributed by atoms with E-state index in [1.165, 1.54) is 4.90 Å². The van der Waals surface area contributed by atoms with Gasteiger partial charge in [0.1, 0.15) is 12.7 Å². The predicted molar refractivity (Wildman–Crippen MR) is 118 cm³/mol. The molecule has 9 nitrogen and oxygen atoms in total. The number of hydrogen-bond acceptors (Lipinski definition) is 5. The molecular formula is C24H18N6O3. The fraction of sp³-hybridized carbons (Fsp3) is 0.125. The molecule has 33 heavy (non-hydrogen) atoms. The van der Waals surface area contributed by atoms with Crippen molar-refractivity contribution >= 4 is 29.1 Å². The molecule has 162 valence electrons. The zero-order chi connectivity index (χ0) is 22.5. The van der Waals surface area contributed by atoms with E-state index in [0.29, 0.717) is 33.8 Å². The summed E-state index contributed by atoms with van der Waals surface area (Å²) >= 11 is 0. The fourth-order valence-corrected chi connectivity index (χ4v) is 4.53. The molecule has 0 saturated carbocycles. The first kappa shape index (κ1) is 19.2. The molecule has 4 heterocycles. The second-order valence-corrected chi connectivity index (χ2v) is 7.91. The van der Waals surface area contributed by atoms with Crippen LogP contribution in [0.5, 0.6) is 0 Å². The third-order valence-corrected chi connectivity index (χ3v) is 6.02. The number of nitrogens with zero attached hydrogens (tertiary/aromatic N) is 5. The lowest BCUT2D eigenvalue weighted by molar-refractivity contribution is -0.122. The summed E-state index contributed by atoms with van der Waals surface area (Å²) in [6.07, 6.45) is 1.15. The molecule has 0 fully saturated rings. The molecule has 3 amide bonds. The van der Waals surface area contributed by atoms with Crippen LogP contribution in [0.25, 0.3) is 5.65 Å². The summed E-state index contributed by atoms with van der Waals surface area (Å²) in [5, 5.41) is 11.0. The van der Waals surface area contributed by atoms with Crippen molar-refractivity contribution in [1.82, 2.24) is 24.8 Å². The Morgan fingerprint density at radius 1 is 0.879 bits per heavy atom. The highest BCUT2D eigenvalue weighted by molar-refractivity contribution is 6.17. The van der Waals surface area contributed by atoms with Gasteiger partial charge in [0.25, 0.3) is 11.8 Å². The molecule has 2 aromatic carbocycles. The minimum absolute atomic E-state index is 0.159. The van der Waals surface area contributed by atoms with Crippen molar-refractivity contribution < 1.29 is 14.4 Å². The van der Waals surface area contributed by atoms with Gasteiger partial charge >= 0.3 is 0 Å². The highest BCUT2D eigenvalue weighted by Gasteiger charge is 2.48. The number of para-hydroxylation sites is 1. The third kappa shape index (κ3) is 2.89. The van der Waals surface area contributed by atoms with E-state index in [2.05, 4.69) is 15.5 Å². The van der Waals surface area contributed by atoms with E-state index in [0.717, 1.165) is 0 Å². The maximum Gasteiger partial charge on any atom is 0.260 e. The smallest absolute Gasteiger partial charge is 0.260 e. The minimum Gasteiger partial charge on any atom is -0.347 e. The molecule has 0 radical (unpaired) electrons. The van der Waals surface area contributed by atoms with Crippen molar-refractivity contribution in [2.45, 2.75) is 12.7 Å². The van der Waals surface area contributed by atoms with Gasteiger partial charge in [-0.3, -0.25) is 23.7 Å². The van der Waals surface area contributed by atoms with E-state index in [4.69, 9.17) is 0 Å². The summed E-state index contributed by atoms with van der Waals surface area (Å²) in [5.74, 6) is -0.250. The molecule has 1 unspecified atom stereocenters. The van der Waals surface area contributed by atoms with Gasteiger partial charge in [0.2, 0.25) is 5.91 Å². The van der Waals surface area contributed by atoms with E-state index in [1.807, 2.05) is 36.5 Å². The standard InChI is InChI=1S/C24H18N6O3/c31-21(25-13-20-27-26-19-11-5-6-12-28(19)20)14-29-22-15-7-1-2-8-16(15)24(33)30(22)18-10-4-3-9-17(18)23(29)32/h1-12,22H,13-14H2,(H,25,31). The Morgan fingerprint density at radius 2 is 1.64 bits per heavy atom. The number of carbonyl (C=O) groups is 3. The quantitative estimate of drug-likeness (QED) is 0.526. The predicted octanol–water partition coefficient (Wildman–Crippen LogP) is 2.16. The first-order chi connectivity index (χ1) is 16.1. The summed E-state index contributed by atoms with van der Waals surface area (Å²) in [6.45, 7) is -0.0424. The molecule has 1 N–H and O–H groups in total. The number of aromatic nitrogens is 3. The number of anilines is 1. The fourth-order valence-electron chi connectivity index (χ4n) is 4.53. The normalized spacial score (nSPS) is 16.5. The topological polar surface area (TPSA) is 99.9 Å². The summed E-state index contributed by atoms with van der Waals surface area (Å²) in [4.78, 5) is 42.6. The number of rotatable bonds is 4. The van der Waals surface area contributed by atoms with Crippen LogP contribution in [0, 0.1) is 0 Å². The van der Waals surface area contributed by atoms with Crippen molar-refractivity contribution in [3.63, 3.8) is 0 Å². The van der Waals surface area contributed by atoms with Gasteiger partial charge in [-0.25, -0.2) is 0 Å². The summed E-state index contributed by atoms with van der Waals surface area (Å²) < 4.78 is 1.79. The Balaban J connectivity index is 1.30. The van der Waals surface area contributed by atoms with E-state index < -0.39 is 6.17 Å². The van der Waals surface area contributed by atoms with E-state index >= 15 is 0 Å². The monoisotopic (exact) mass is 438 g/mol. The molecule has 1 atom stereocenters. The molecule has 0 saturated heterocycles. The third-order valence-electron chi connectivity index (χ3n) is 6.02. The molecule has 0 spiro atoms. The van der Waals surface area contributed by atoms with Gasteiger partial charge in [-0.1, -0.05) is 36.4 Å². The van der Waals surface area contributed by atoms with E-state index in [-0.39, 0.29) is 30.8 Å². The number of carbonyl (C=O) groups excluding carboxylic acids is 3. The van der Waals surface area contributed by atoms with Crippen LogP contribution in [0.4, 0.5) is 5.69 Å². The van der Waals surface area contributed by atoms with Crippen molar-refractivity contribution in [2.24, 2.45) is 0 Å². The van der Waals surface area contributed by atoms with Gasteiger partial charge in [0, 0.05) is 17.3 Å². The molecular weight excluding hydrogens is 420 g/mol. The van der Waals surface area contributed by atoms with Crippen LogP contribution in [-0.4, -0.2) is 43.8 Å². The van der Waals surface area contributed by atoms with Gasteiger partial charge in [-0.15, -0.1) is 10.2 Å². The number of benzene rings is 2. The van der Waals surface area contributed by atoms with Crippen LogP contribution < -0.4 is 10.2 Å². The van der Waals surface area contributed by atoms with Crippen LogP contribution in [-0.2, 0) is 11.3 Å². The Hall–Kier alpha value is -4.53. The molecule has 6 rings (SSSR count). The van der Waals surface area contributed by atoms with Crippen molar-refractivity contribution in [2.75, 3.05) is 11.4 Å². The lowest BCUT2D eigenvalue weighted by atomic mass is 10.0. The summed E-state index contributed by atoms with van der Waals surface area (Å²) in [7, 11) is 0. The number of fused-ring (bicyclic) bond motifs is 6.